The fraction of sp³-hybridized carbons (Fsp3) is 0.667. The van der Waals surface area contributed by atoms with Crippen LogP contribution in [0.2, 0.25) is 0 Å². The summed E-state index contributed by atoms with van der Waals surface area (Å²) in [6.45, 7) is 2.14. The van der Waals surface area contributed by atoms with Gasteiger partial charge in [0.05, 0.1) is 17.8 Å². The van der Waals surface area contributed by atoms with E-state index in [9.17, 15) is 4.79 Å². The molecule has 0 spiro atoms. The van der Waals surface area contributed by atoms with Gasteiger partial charge >= 0.3 is 5.97 Å². The summed E-state index contributed by atoms with van der Waals surface area (Å²) in [6, 6.07) is 0. The van der Waals surface area contributed by atoms with E-state index in [-0.39, 0.29) is 5.97 Å². The Labute approximate surface area is 99.8 Å². The Morgan fingerprint density at radius 1 is 1.62 bits per heavy atom. The molecule has 0 aromatic carbocycles. The van der Waals surface area contributed by atoms with Gasteiger partial charge in [0.15, 0.2) is 0 Å². The number of methoxy groups -OCH3 is 1. The second-order valence-corrected chi connectivity index (χ2v) is 5.25. The van der Waals surface area contributed by atoms with Crippen LogP contribution in [0.25, 0.3) is 0 Å². The van der Waals surface area contributed by atoms with Crippen LogP contribution in [0, 0.1) is 0 Å². The topological polar surface area (TPSA) is 39.2 Å². The molecule has 0 N–H and O–H groups in total. The highest BCUT2D eigenvalue weighted by Gasteiger charge is 2.48. The molecule has 1 aromatic heterocycles. The predicted octanol–water partition coefficient (Wildman–Crippen LogP) is 2.69. The summed E-state index contributed by atoms with van der Waals surface area (Å²) in [6.07, 6.45) is 4.96. The molecular formula is C12H17NO2S. The van der Waals surface area contributed by atoms with Crippen molar-refractivity contribution in [1.82, 2.24) is 4.98 Å². The third-order valence-electron chi connectivity index (χ3n) is 3.29. The first-order chi connectivity index (χ1) is 7.73. The van der Waals surface area contributed by atoms with Gasteiger partial charge in [-0.15, -0.1) is 11.3 Å². The lowest BCUT2D eigenvalue weighted by atomic mass is 9.67. The maximum atomic E-state index is 11.8. The highest BCUT2D eigenvalue weighted by atomic mass is 32.1. The SMILES string of the molecule is CCCc1nc(C2(C(=O)OC)CCC2)cs1. The molecule has 2 rings (SSSR count). The van der Waals surface area contributed by atoms with Gasteiger partial charge in [-0.1, -0.05) is 13.3 Å². The minimum Gasteiger partial charge on any atom is -0.468 e. The summed E-state index contributed by atoms with van der Waals surface area (Å²) in [4.78, 5) is 16.4. The third-order valence-corrected chi connectivity index (χ3v) is 4.20. The van der Waals surface area contributed by atoms with E-state index in [4.69, 9.17) is 4.74 Å². The zero-order chi connectivity index (χ0) is 11.6. The highest BCUT2D eigenvalue weighted by Crippen LogP contribution is 2.44. The molecule has 1 heterocycles. The minimum atomic E-state index is -0.419. The van der Waals surface area contributed by atoms with Gasteiger partial charge < -0.3 is 4.74 Å². The van der Waals surface area contributed by atoms with Crippen LogP contribution in [-0.4, -0.2) is 18.1 Å². The third kappa shape index (κ3) is 1.75. The van der Waals surface area contributed by atoms with E-state index in [2.05, 4.69) is 11.9 Å². The van der Waals surface area contributed by atoms with E-state index in [0.717, 1.165) is 42.8 Å². The van der Waals surface area contributed by atoms with Gasteiger partial charge in [0.1, 0.15) is 5.41 Å². The van der Waals surface area contributed by atoms with Gasteiger partial charge in [-0.05, 0) is 25.7 Å². The lowest BCUT2D eigenvalue weighted by molar-refractivity contribution is -0.151. The quantitative estimate of drug-likeness (QED) is 0.758. The molecule has 88 valence electrons. The minimum absolute atomic E-state index is 0.118. The number of hydrogen-bond donors (Lipinski definition) is 0. The maximum Gasteiger partial charge on any atom is 0.317 e. The second kappa shape index (κ2) is 4.53. The van der Waals surface area contributed by atoms with Gasteiger partial charge in [0.2, 0.25) is 0 Å². The number of ether oxygens (including phenoxy) is 1. The summed E-state index contributed by atoms with van der Waals surface area (Å²) in [5.41, 5.74) is 0.510. The zero-order valence-electron chi connectivity index (χ0n) is 9.78. The Hall–Kier alpha value is -0.900. The van der Waals surface area contributed by atoms with Crippen LogP contribution in [0.1, 0.15) is 43.3 Å². The predicted molar refractivity (Wildman–Crippen MR) is 63.7 cm³/mol. The molecule has 4 heteroatoms. The van der Waals surface area contributed by atoms with E-state index in [1.165, 1.54) is 7.11 Å². The lowest BCUT2D eigenvalue weighted by Gasteiger charge is -2.37. The summed E-state index contributed by atoms with van der Waals surface area (Å²) >= 11 is 1.66. The molecule has 1 saturated carbocycles. The average Bonchev–Trinajstić information content (AvgIpc) is 2.65. The second-order valence-electron chi connectivity index (χ2n) is 4.30. The molecule has 0 bridgehead atoms. The number of carbonyl (C=O) groups excluding carboxylic acids is 1. The standard InChI is InChI=1S/C12H17NO2S/c1-3-5-10-13-9(8-16-10)12(6-4-7-12)11(14)15-2/h8H,3-7H2,1-2H3. The van der Waals surface area contributed by atoms with Crippen molar-refractivity contribution in [1.29, 1.82) is 0 Å². The molecule has 16 heavy (non-hydrogen) atoms. The van der Waals surface area contributed by atoms with Crippen LogP contribution in [0.5, 0.6) is 0 Å². The van der Waals surface area contributed by atoms with E-state index < -0.39 is 5.41 Å². The Morgan fingerprint density at radius 2 is 2.38 bits per heavy atom. The maximum absolute atomic E-state index is 11.8. The first kappa shape index (κ1) is 11.6. The Bertz CT molecular complexity index is 382. The molecule has 0 radical (unpaired) electrons. The summed E-state index contributed by atoms with van der Waals surface area (Å²) in [5, 5.41) is 3.16. The largest absolute Gasteiger partial charge is 0.468 e. The molecule has 0 aliphatic heterocycles. The van der Waals surface area contributed by atoms with E-state index in [0.29, 0.717) is 0 Å². The van der Waals surface area contributed by atoms with Crippen LogP contribution in [0.4, 0.5) is 0 Å². The Morgan fingerprint density at radius 3 is 2.88 bits per heavy atom. The van der Waals surface area contributed by atoms with E-state index in [1.54, 1.807) is 11.3 Å². The fourth-order valence-electron chi connectivity index (χ4n) is 2.15. The number of esters is 1. The lowest BCUT2D eigenvalue weighted by Crippen LogP contribution is -2.43. The van der Waals surface area contributed by atoms with E-state index >= 15 is 0 Å². The Kier molecular flexibility index (Phi) is 3.28. The van der Waals surface area contributed by atoms with Crippen molar-refractivity contribution in [2.45, 2.75) is 44.4 Å². The number of aromatic nitrogens is 1. The van der Waals surface area contributed by atoms with Crippen molar-refractivity contribution in [2.24, 2.45) is 0 Å². The highest BCUT2D eigenvalue weighted by molar-refractivity contribution is 7.09. The normalized spacial score (nSPS) is 17.9. The molecular weight excluding hydrogens is 222 g/mol. The summed E-state index contributed by atoms with van der Waals surface area (Å²) < 4.78 is 4.91. The Balaban J connectivity index is 2.23. The average molecular weight is 239 g/mol. The van der Waals surface area contributed by atoms with Crippen molar-refractivity contribution >= 4 is 17.3 Å². The van der Waals surface area contributed by atoms with Gasteiger partial charge in [-0.25, -0.2) is 4.98 Å². The number of thiazole rings is 1. The van der Waals surface area contributed by atoms with Crippen molar-refractivity contribution in [2.75, 3.05) is 7.11 Å². The smallest absolute Gasteiger partial charge is 0.317 e. The van der Waals surface area contributed by atoms with Crippen LogP contribution < -0.4 is 0 Å². The van der Waals surface area contributed by atoms with Crippen LogP contribution in [-0.2, 0) is 21.4 Å². The fourth-order valence-corrected chi connectivity index (χ4v) is 3.15. The first-order valence-electron chi connectivity index (χ1n) is 5.76. The van der Waals surface area contributed by atoms with Crippen LogP contribution in [0.15, 0.2) is 5.38 Å². The summed E-state index contributed by atoms with van der Waals surface area (Å²) in [5.74, 6) is -0.118. The van der Waals surface area contributed by atoms with Gasteiger partial charge in [0, 0.05) is 5.38 Å². The monoisotopic (exact) mass is 239 g/mol. The number of nitrogens with zero attached hydrogens (tertiary/aromatic N) is 1. The molecule has 1 aromatic rings. The number of aryl methyl sites for hydroxylation is 1. The van der Waals surface area contributed by atoms with Crippen LogP contribution in [0.3, 0.4) is 0 Å². The number of carbonyl (C=O) groups is 1. The molecule has 0 saturated heterocycles. The molecule has 1 fully saturated rings. The van der Waals surface area contributed by atoms with Crippen LogP contribution >= 0.6 is 11.3 Å². The molecule has 0 amide bonds. The molecule has 1 aliphatic carbocycles. The molecule has 3 nitrogen and oxygen atoms in total. The van der Waals surface area contributed by atoms with Crippen molar-refractivity contribution in [3.05, 3.63) is 16.1 Å². The number of hydrogen-bond acceptors (Lipinski definition) is 4. The van der Waals surface area contributed by atoms with Crippen molar-refractivity contribution in [3.8, 4) is 0 Å². The van der Waals surface area contributed by atoms with Crippen molar-refractivity contribution < 1.29 is 9.53 Å². The van der Waals surface area contributed by atoms with Crippen molar-refractivity contribution in [3.63, 3.8) is 0 Å². The molecule has 0 unspecified atom stereocenters. The van der Waals surface area contributed by atoms with Gasteiger partial charge in [-0.2, -0.15) is 0 Å². The van der Waals surface area contributed by atoms with Gasteiger partial charge in [-0.3, -0.25) is 4.79 Å². The van der Waals surface area contributed by atoms with Gasteiger partial charge in [0.25, 0.3) is 0 Å². The molecule has 0 atom stereocenters. The first-order valence-corrected chi connectivity index (χ1v) is 6.64. The summed E-state index contributed by atoms with van der Waals surface area (Å²) in [7, 11) is 1.46. The molecule has 1 aliphatic rings. The zero-order valence-corrected chi connectivity index (χ0v) is 10.6. The number of rotatable bonds is 4. The van der Waals surface area contributed by atoms with E-state index in [1.807, 2.05) is 5.38 Å².